The van der Waals surface area contributed by atoms with Crippen molar-refractivity contribution in [1.29, 1.82) is 0 Å². The Balaban J connectivity index is 0.00000111. The molecular formula is C34H65N5O4. The summed E-state index contributed by atoms with van der Waals surface area (Å²) in [6, 6.07) is 0.107. The molecule has 43 heavy (non-hydrogen) atoms. The fourth-order valence-electron chi connectivity index (χ4n) is 5.29. The zero-order valence-electron chi connectivity index (χ0n) is 29.4. The first kappa shape index (κ1) is 40.6. The summed E-state index contributed by atoms with van der Waals surface area (Å²) in [6.07, 6.45) is 9.90. The van der Waals surface area contributed by atoms with Gasteiger partial charge in [0, 0.05) is 31.2 Å². The van der Waals surface area contributed by atoms with Gasteiger partial charge in [0.05, 0.1) is 12.6 Å². The van der Waals surface area contributed by atoms with Crippen molar-refractivity contribution >= 4 is 24.1 Å². The fraction of sp³-hybridized carbons (Fsp3) is 0.824. The van der Waals surface area contributed by atoms with Crippen LogP contribution in [0.3, 0.4) is 0 Å². The molecule has 2 rings (SSSR count). The molecule has 0 radical (unpaired) electrons. The van der Waals surface area contributed by atoms with Gasteiger partial charge in [-0.1, -0.05) is 60.5 Å². The van der Waals surface area contributed by atoms with Crippen molar-refractivity contribution in [2.75, 3.05) is 33.2 Å². The highest BCUT2D eigenvalue weighted by molar-refractivity contribution is 5.97. The van der Waals surface area contributed by atoms with Crippen LogP contribution in [0.25, 0.3) is 0 Å². The molecule has 4 amide bonds. The molecule has 0 aromatic rings. The Morgan fingerprint density at radius 3 is 1.98 bits per heavy atom. The molecule has 3 atom stereocenters. The van der Waals surface area contributed by atoms with E-state index in [1.807, 2.05) is 20.8 Å². The van der Waals surface area contributed by atoms with Crippen LogP contribution in [0.2, 0.25) is 0 Å². The molecule has 9 nitrogen and oxygen atoms in total. The van der Waals surface area contributed by atoms with Crippen LogP contribution >= 0.6 is 0 Å². The van der Waals surface area contributed by atoms with Crippen LogP contribution in [-0.4, -0.2) is 96.2 Å². The van der Waals surface area contributed by atoms with E-state index in [9.17, 15) is 19.2 Å². The van der Waals surface area contributed by atoms with Crippen LogP contribution < -0.4 is 10.6 Å². The molecule has 9 heteroatoms. The molecular weight excluding hydrogens is 542 g/mol. The highest BCUT2D eigenvalue weighted by atomic mass is 16.2. The second-order valence-electron chi connectivity index (χ2n) is 13.4. The first-order valence-corrected chi connectivity index (χ1v) is 16.6. The summed E-state index contributed by atoms with van der Waals surface area (Å²) in [4.78, 5) is 54.3. The molecule has 0 bridgehead atoms. The molecule has 0 aliphatic carbocycles. The smallest absolute Gasteiger partial charge is 0.249 e. The van der Waals surface area contributed by atoms with Gasteiger partial charge in [0.25, 0.3) is 0 Å². The van der Waals surface area contributed by atoms with Crippen LogP contribution in [0.1, 0.15) is 114 Å². The standard InChI is InChI=1S/C22H38N4O4.C8H17N.C4H10/c1-7-9-17(5)24-21(29)18-10-8-11-26(18)22(30)16(4)12-19(15(2)3)25(6)20(28)13-23-14-27;1-8(2)9-6-4-3-5-7-9;1-4(2)3/h12,14-15,17-19H,7-11,13H2,1-6H3,(H,23,27)(H,24,29);8H,3-7H2,1-2H3;4H,1-3H3/b16-12+;;/t17?,18-,19?;;/m0../s1. The van der Waals surface area contributed by atoms with Gasteiger partial charge in [0.1, 0.15) is 6.04 Å². The second kappa shape index (κ2) is 22.1. The van der Waals surface area contributed by atoms with E-state index in [2.05, 4.69) is 57.1 Å². The first-order valence-electron chi connectivity index (χ1n) is 16.6. The Bertz CT molecular complexity index is 849. The van der Waals surface area contributed by atoms with Crippen LogP contribution in [-0.2, 0) is 19.2 Å². The lowest BCUT2D eigenvalue weighted by Crippen LogP contribution is -2.48. The van der Waals surface area contributed by atoms with Crippen molar-refractivity contribution < 1.29 is 19.2 Å². The lowest BCUT2D eigenvalue weighted by Gasteiger charge is -2.30. The number of nitrogens with zero attached hydrogens (tertiary/aromatic N) is 3. The summed E-state index contributed by atoms with van der Waals surface area (Å²) < 4.78 is 0. The minimum absolute atomic E-state index is 0.0745. The number of likely N-dealkylation sites (tertiary alicyclic amines) is 2. The number of piperidine rings is 1. The molecule has 2 aliphatic heterocycles. The minimum Gasteiger partial charge on any atom is -0.352 e. The molecule has 0 spiro atoms. The van der Waals surface area contributed by atoms with Gasteiger partial charge < -0.3 is 25.3 Å². The maximum atomic E-state index is 13.1. The summed E-state index contributed by atoms with van der Waals surface area (Å²) in [5, 5.41) is 5.39. The van der Waals surface area contributed by atoms with Crippen LogP contribution in [0, 0.1) is 11.8 Å². The summed E-state index contributed by atoms with van der Waals surface area (Å²) in [6.45, 7) is 23.9. The van der Waals surface area contributed by atoms with Crippen molar-refractivity contribution in [3.8, 4) is 0 Å². The van der Waals surface area contributed by atoms with Crippen molar-refractivity contribution in [2.24, 2.45) is 11.8 Å². The van der Waals surface area contributed by atoms with Crippen molar-refractivity contribution in [3.63, 3.8) is 0 Å². The summed E-state index contributed by atoms with van der Waals surface area (Å²) >= 11 is 0. The van der Waals surface area contributed by atoms with Crippen LogP contribution in [0.4, 0.5) is 0 Å². The van der Waals surface area contributed by atoms with E-state index in [4.69, 9.17) is 0 Å². The molecule has 2 N–H and O–H groups in total. The van der Waals surface area contributed by atoms with Crippen molar-refractivity contribution in [3.05, 3.63) is 11.6 Å². The number of rotatable bonds is 12. The summed E-state index contributed by atoms with van der Waals surface area (Å²) in [7, 11) is 1.66. The molecule has 2 heterocycles. The number of nitrogens with one attached hydrogen (secondary N) is 2. The van der Waals surface area contributed by atoms with Gasteiger partial charge in [-0.15, -0.1) is 0 Å². The van der Waals surface area contributed by atoms with Gasteiger partial charge >= 0.3 is 0 Å². The quantitative estimate of drug-likeness (QED) is 0.240. The van der Waals surface area contributed by atoms with Gasteiger partial charge in [-0.05, 0) is 84.7 Å². The predicted octanol–water partition coefficient (Wildman–Crippen LogP) is 5.00. The minimum atomic E-state index is -0.450. The third-order valence-corrected chi connectivity index (χ3v) is 7.67. The average Bonchev–Trinajstić information content (AvgIpc) is 3.44. The van der Waals surface area contributed by atoms with E-state index < -0.39 is 6.04 Å². The van der Waals surface area contributed by atoms with E-state index in [-0.39, 0.29) is 42.3 Å². The Labute approximate surface area is 263 Å². The number of carbonyl (C=O) groups is 4. The first-order chi connectivity index (χ1) is 20.2. The van der Waals surface area contributed by atoms with Gasteiger partial charge in [-0.2, -0.15) is 0 Å². The molecule has 2 aliphatic rings. The number of hydrogen-bond acceptors (Lipinski definition) is 5. The zero-order chi connectivity index (χ0) is 33.1. The number of likely N-dealkylation sites (N-methyl/N-ethyl adjacent to an activating group) is 1. The largest absolute Gasteiger partial charge is 0.352 e. The van der Waals surface area contributed by atoms with E-state index in [0.717, 1.165) is 31.2 Å². The van der Waals surface area contributed by atoms with Gasteiger partial charge in [-0.25, -0.2) is 0 Å². The molecule has 0 aromatic carbocycles. The average molecular weight is 608 g/mol. The highest BCUT2D eigenvalue weighted by Crippen LogP contribution is 2.22. The number of carbonyl (C=O) groups excluding carboxylic acids is 4. The van der Waals surface area contributed by atoms with E-state index in [0.29, 0.717) is 24.9 Å². The molecule has 2 saturated heterocycles. The van der Waals surface area contributed by atoms with E-state index in [1.165, 1.54) is 32.4 Å². The van der Waals surface area contributed by atoms with Crippen molar-refractivity contribution in [1.82, 2.24) is 25.3 Å². The Hall–Kier alpha value is -2.42. The zero-order valence-corrected chi connectivity index (χ0v) is 29.4. The van der Waals surface area contributed by atoms with Gasteiger partial charge in [0.2, 0.25) is 24.1 Å². The maximum absolute atomic E-state index is 13.1. The molecule has 2 fully saturated rings. The summed E-state index contributed by atoms with van der Waals surface area (Å²) in [5.41, 5.74) is 0.512. The highest BCUT2D eigenvalue weighted by Gasteiger charge is 2.35. The normalized spacial score (nSPS) is 18.7. The molecule has 250 valence electrons. The second-order valence-corrected chi connectivity index (χ2v) is 13.4. The number of amides is 4. The Kier molecular flexibility index (Phi) is 20.9. The Morgan fingerprint density at radius 1 is 0.930 bits per heavy atom. The van der Waals surface area contributed by atoms with Crippen LogP contribution in [0.15, 0.2) is 11.6 Å². The molecule has 0 aromatic heterocycles. The lowest BCUT2D eigenvalue weighted by molar-refractivity contribution is -0.136. The van der Waals surface area contributed by atoms with E-state index >= 15 is 0 Å². The monoisotopic (exact) mass is 608 g/mol. The number of hydrogen-bond donors (Lipinski definition) is 2. The summed E-state index contributed by atoms with van der Waals surface area (Å²) in [5.74, 6) is 0.404. The molecule has 2 unspecified atom stereocenters. The van der Waals surface area contributed by atoms with Gasteiger partial charge in [-0.3, -0.25) is 19.2 Å². The van der Waals surface area contributed by atoms with Crippen molar-refractivity contribution in [2.45, 2.75) is 138 Å². The lowest BCUT2D eigenvalue weighted by atomic mass is 9.99. The Morgan fingerprint density at radius 2 is 1.51 bits per heavy atom. The van der Waals surface area contributed by atoms with Gasteiger partial charge in [0.15, 0.2) is 0 Å². The topological polar surface area (TPSA) is 102 Å². The van der Waals surface area contributed by atoms with Crippen LogP contribution in [0.5, 0.6) is 0 Å². The molecule has 0 saturated carbocycles. The SMILES string of the molecule is CC(C)C.CC(C)N1CCCCC1.CCCC(C)NC(=O)[C@@H]1CCCN1C(=O)/C(C)=C/C(C(C)C)N(C)C(=O)CNC=O. The fourth-order valence-corrected chi connectivity index (χ4v) is 5.29. The maximum Gasteiger partial charge on any atom is 0.249 e. The van der Waals surface area contributed by atoms with E-state index in [1.54, 1.807) is 29.8 Å². The predicted molar refractivity (Wildman–Crippen MR) is 178 cm³/mol. The third kappa shape index (κ3) is 16.3. The third-order valence-electron chi connectivity index (χ3n) is 7.67.